The minimum Gasteiger partial charge on any atom is -0.373 e. The third kappa shape index (κ3) is 3.76. The maximum atomic E-state index is 12.9. The highest BCUT2D eigenvalue weighted by atomic mass is 32.2. The number of aromatic nitrogens is 3. The molecule has 1 saturated heterocycles. The first-order valence-corrected chi connectivity index (χ1v) is 10.6. The highest BCUT2D eigenvalue weighted by molar-refractivity contribution is 7.99. The molecule has 2 aromatic heterocycles. The van der Waals surface area contributed by atoms with Crippen LogP contribution in [0.4, 0.5) is 5.00 Å². The number of thiophene rings is 1. The molecule has 152 valence electrons. The van der Waals surface area contributed by atoms with Crippen molar-refractivity contribution in [2.75, 3.05) is 30.9 Å². The standard InChI is InChI=1S/C18H19N5O4S2/c1-9-12(4-5-18(26)7-27-8-18)29-17-13(9)28-6-11(16(25)23(17)3)20-15(24)14-19-10(2)21-22-14/h11,26H,6-8H2,1-3H3,(H,20,24)(H,19,21,22)/t11-/m0/s1. The van der Waals surface area contributed by atoms with Crippen LogP contribution in [0.15, 0.2) is 4.90 Å². The first-order chi connectivity index (χ1) is 13.8. The van der Waals surface area contributed by atoms with E-state index in [0.29, 0.717) is 11.6 Å². The monoisotopic (exact) mass is 433 g/mol. The van der Waals surface area contributed by atoms with Crippen LogP contribution in [0, 0.1) is 25.7 Å². The second-order valence-electron chi connectivity index (χ2n) is 6.94. The molecule has 0 aromatic carbocycles. The predicted molar refractivity (Wildman–Crippen MR) is 108 cm³/mol. The highest BCUT2D eigenvalue weighted by Gasteiger charge is 2.35. The number of H-pyrrole nitrogens is 1. The van der Waals surface area contributed by atoms with Crippen molar-refractivity contribution in [3.63, 3.8) is 0 Å². The molecule has 3 N–H and O–H groups in total. The fourth-order valence-corrected chi connectivity index (χ4v) is 5.40. The van der Waals surface area contributed by atoms with Crippen LogP contribution in [0.25, 0.3) is 0 Å². The molecule has 2 aliphatic heterocycles. The Kier molecular flexibility index (Phi) is 5.12. The molecular formula is C18H19N5O4S2. The van der Waals surface area contributed by atoms with E-state index < -0.39 is 17.6 Å². The molecule has 9 nitrogen and oxygen atoms in total. The number of amides is 2. The van der Waals surface area contributed by atoms with Gasteiger partial charge in [-0.3, -0.25) is 14.7 Å². The van der Waals surface area contributed by atoms with Crippen LogP contribution in [0.1, 0.15) is 26.9 Å². The number of nitrogens with one attached hydrogen (secondary N) is 2. The Hall–Kier alpha value is -2.39. The van der Waals surface area contributed by atoms with Gasteiger partial charge in [0, 0.05) is 17.7 Å². The SMILES string of the molecule is Cc1nc(C(=O)N[C@H]2CSc3c(sc(C#CC4(O)COC4)c3C)N(C)C2=O)n[nH]1. The molecule has 0 unspecified atom stereocenters. The molecule has 0 spiro atoms. The van der Waals surface area contributed by atoms with Crippen molar-refractivity contribution < 1.29 is 19.4 Å². The summed E-state index contributed by atoms with van der Waals surface area (Å²) < 4.78 is 5.01. The van der Waals surface area contributed by atoms with Crippen molar-refractivity contribution in [3.05, 3.63) is 22.1 Å². The average Bonchev–Trinajstić information content (AvgIpc) is 3.21. The summed E-state index contributed by atoms with van der Waals surface area (Å²) in [6.07, 6.45) is 0. The van der Waals surface area contributed by atoms with E-state index in [2.05, 4.69) is 32.3 Å². The molecule has 29 heavy (non-hydrogen) atoms. The van der Waals surface area contributed by atoms with E-state index in [1.165, 1.54) is 23.1 Å². The molecule has 2 aromatic rings. The van der Waals surface area contributed by atoms with Gasteiger partial charge in [0.1, 0.15) is 16.9 Å². The summed E-state index contributed by atoms with van der Waals surface area (Å²) >= 11 is 2.90. The molecule has 0 radical (unpaired) electrons. The number of carbonyl (C=O) groups excluding carboxylic acids is 2. The molecule has 0 saturated carbocycles. The van der Waals surface area contributed by atoms with Gasteiger partial charge in [-0.05, 0) is 19.4 Å². The van der Waals surface area contributed by atoms with Crippen LogP contribution in [0.2, 0.25) is 0 Å². The van der Waals surface area contributed by atoms with E-state index in [9.17, 15) is 14.7 Å². The largest absolute Gasteiger partial charge is 0.373 e. The van der Waals surface area contributed by atoms with Gasteiger partial charge in [0.25, 0.3) is 11.8 Å². The lowest BCUT2D eigenvalue weighted by molar-refractivity contribution is -0.140. The van der Waals surface area contributed by atoms with Gasteiger partial charge in [-0.2, -0.15) is 0 Å². The number of aliphatic hydroxyl groups is 1. The summed E-state index contributed by atoms with van der Waals surface area (Å²) in [5.74, 6) is 6.10. The van der Waals surface area contributed by atoms with Crippen molar-refractivity contribution in [2.24, 2.45) is 0 Å². The lowest BCUT2D eigenvalue weighted by Gasteiger charge is -2.30. The number of aryl methyl sites for hydroxylation is 1. The van der Waals surface area contributed by atoms with Crippen LogP contribution in [0.5, 0.6) is 0 Å². The smallest absolute Gasteiger partial charge is 0.291 e. The van der Waals surface area contributed by atoms with Gasteiger partial charge in [0.2, 0.25) is 5.82 Å². The van der Waals surface area contributed by atoms with E-state index in [4.69, 9.17) is 4.74 Å². The number of thioether (sulfide) groups is 1. The third-order valence-corrected chi connectivity index (χ3v) is 7.30. The van der Waals surface area contributed by atoms with E-state index in [1.807, 2.05) is 6.92 Å². The fourth-order valence-electron chi connectivity index (χ4n) is 2.88. The number of likely N-dealkylation sites (N-methyl/N-ethyl adjacent to an activating group) is 1. The zero-order chi connectivity index (χ0) is 20.8. The Morgan fingerprint density at radius 2 is 2.21 bits per heavy atom. The fraction of sp³-hybridized carbons (Fsp3) is 0.444. The lowest BCUT2D eigenvalue weighted by Crippen LogP contribution is -2.48. The van der Waals surface area contributed by atoms with Gasteiger partial charge in [0.15, 0.2) is 5.60 Å². The second-order valence-corrected chi connectivity index (χ2v) is 8.97. The van der Waals surface area contributed by atoms with Gasteiger partial charge in [-0.1, -0.05) is 11.8 Å². The van der Waals surface area contributed by atoms with Gasteiger partial charge in [-0.15, -0.1) is 28.2 Å². The number of aromatic amines is 1. The molecule has 1 atom stereocenters. The normalized spacial score (nSPS) is 20.2. The Balaban J connectivity index is 1.54. The number of rotatable bonds is 2. The van der Waals surface area contributed by atoms with Crippen LogP contribution in [0.3, 0.4) is 0 Å². The lowest BCUT2D eigenvalue weighted by atomic mass is 10.0. The first-order valence-electron chi connectivity index (χ1n) is 8.84. The van der Waals surface area contributed by atoms with Gasteiger partial charge >= 0.3 is 0 Å². The molecule has 11 heteroatoms. The van der Waals surface area contributed by atoms with Gasteiger partial charge in [0.05, 0.1) is 18.1 Å². The van der Waals surface area contributed by atoms with E-state index in [0.717, 1.165) is 20.3 Å². The van der Waals surface area contributed by atoms with E-state index >= 15 is 0 Å². The third-order valence-electron chi connectivity index (χ3n) is 4.60. The number of anilines is 1. The van der Waals surface area contributed by atoms with Crippen molar-refractivity contribution in [3.8, 4) is 11.8 Å². The number of fused-ring (bicyclic) bond motifs is 1. The molecule has 4 rings (SSSR count). The summed E-state index contributed by atoms with van der Waals surface area (Å²) in [6.45, 7) is 4.06. The summed E-state index contributed by atoms with van der Waals surface area (Å²) in [7, 11) is 1.68. The van der Waals surface area contributed by atoms with Crippen LogP contribution >= 0.6 is 23.1 Å². The van der Waals surface area contributed by atoms with E-state index in [1.54, 1.807) is 18.9 Å². The van der Waals surface area contributed by atoms with Crippen LogP contribution in [-0.2, 0) is 9.53 Å². The molecule has 2 aliphatic rings. The maximum Gasteiger partial charge on any atom is 0.291 e. The Bertz CT molecular complexity index is 1050. The minimum atomic E-state index is -1.09. The molecule has 4 heterocycles. The molecular weight excluding hydrogens is 414 g/mol. The van der Waals surface area contributed by atoms with Crippen molar-refractivity contribution >= 4 is 39.9 Å². The zero-order valence-electron chi connectivity index (χ0n) is 16.0. The summed E-state index contributed by atoms with van der Waals surface area (Å²) in [5, 5.41) is 20.1. The average molecular weight is 434 g/mol. The van der Waals surface area contributed by atoms with Crippen molar-refractivity contribution in [2.45, 2.75) is 30.4 Å². The number of carbonyl (C=O) groups is 2. The number of hydrogen-bond donors (Lipinski definition) is 3. The Labute approximate surface area is 175 Å². The number of hydrogen-bond acceptors (Lipinski definition) is 8. The number of ether oxygens (including phenoxy) is 1. The number of nitrogens with zero attached hydrogens (tertiary/aromatic N) is 3. The van der Waals surface area contributed by atoms with Gasteiger partial charge < -0.3 is 20.1 Å². The quantitative estimate of drug-likeness (QED) is 0.589. The van der Waals surface area contributed by atoms with Crippen LogP contribution in [-0.4, -0.2) is 69.8 Å². The Morgan fingerprint density at radius 1 is 1.45 bits per heavy atom. The molecule has 2 amide bonds. The zero-order valence-corrected chi connectivity index (χ0v) is 17.7. The molecule has 0 aliphatic carbocycles. The summed E-state index contributed by atoms with van der Waals surface area (Å²) in [5.41, 5.74) is -0.126. The van der Waals surface area contributed by atoms with Crippen LogP contribution < -0.4 is 10.2 Å². The first kappa shape index (κ1) is 19.9. The van der Waals surface area contributed by atoms with Crippen molar-refractivity contribution in [1.82, 2.24) is 20.5 Å². The highest BCUT2D eigenvalue weighted by Crippen LogP contribution is 2.44. The predicted octanol–water partition coefficient (Wildman–Crippen LogP) is 0.463. The van der Waals surface area contributed by atoms with E-state index in [-0.39, 0.29) is 24.9 Å². The molecule has 0 bridgehead atoms. The topological polar surface area (TPSA) is 120 Å². The maximum absolute atomic E-state index is 12.9. The summed E-state index contributed by atoms with van der Waals surface area (Å²) in [6, 6.07) is -0.697. The second kappa shape index (κ2) is 7.46. The van der Waals surface area contributed by atoms with Crippen molar-refractivity contribution in [1.29, 1.82) is 0 Å². The molecule has 1 fully saturated rings. The van der Waals surface area contributed by atoms with Gasteiger partial charge in [-0.25, -0.2) is 4.98 Å². The Morgan fingerprint density at radius 3 is 2.83 bits per heavy atom. The summed E-state index contributed by atoms with van der Waals surface area (Å²) in [4.78, 5) is 32.6. The minimum absolute atomic E-state index is 0.00798.